The van der Waals surface area contributed by atoms with Gasteiger partial charge in [-0.1, -0.05) is 133 Å². The first-order valence-electron chi connectivity index (χ1n) is 17.3. The largest absolute Gasteiger partial charge is 0.308 e. The average molecular weight is 636 g/mol. The Morgan fingerprint density at radius 1 is 0.280 bits per heavy atom. The molecule has 2 aromatic heterocycles. The molecule has 0 aliphatic carbocycles. The van der Waals surface area contributed by atoms with E-state index in [1.807, 2.05) is 0 Å². The van der Waals surface area contributed by atoms with E-state index < -0.39 is 0 Å². The second kappa shape index (κ2) is 11.3. The van der Waals surface area contributed by atoms with Gasteiger partial charge in [0.05, 0.1) is 16.6 Å². The molecule has 0 unspecified atom stereocenters. The van der Waals surface area contributed by atoms with Gasteiger partial charge in [-0.3, -0.25) is 0 Å². The lowest BCUT2D eigenvalue weighted by Crippen LogP contribution is -1.88. The summed E-state index contributed by atoms with van der Waals surface area (Å²) in [4.78, 5) is 0. The number of benzene rings is 8. The fraction of sp³-hybridized carbons (Fsp3) is 0.0204. The molecule has 0 radical (unpaired) electrons. The molecule has 10 rings (SSSR count). The van der Waals surface area contributed by atoms with Crippen LogP contribution in [0.5, 0.6) is 0 Å². The molecule has 2 heterocycles. The Bertz CT molecular complexity index is 2790. The minimum Gasteiger partial charge on any atom is -0.308 e. The summed E-state index contributed by atoms with van der Waals surface area (Å²) in [7, 11) is 0. The molecule has 0 spiro atoms. The highest BCUT2D eigenvalue weighted by molar-refractivity contribution is 6.24. The Morgan fingerprint density at radius 2 is 0.660 bits per heavy atom. The average Bonchev–Trinajstić information content (AvgIpc) is 3.70. The van der Waals surface area contributed by atoms with Crippen LogP contribution in [0.4, 0.5) is 0 Å². The van der Waals surface area contributed by atoms with Crippen molar-refractivity contribution in [2.45, 2.75) is 6.92 Å². The Kier molecular flexibility index (Phi) is 6.47. The lowest BCUT2D eigenvalue weighted by Gasteiger charge is -2.13. The lowest BCUT2D eigenvalue weighted by atomic mass is 9.91. The number of para-hydroxylation sites is 2. The molecule has 0 atom stereocenters. The summed E-state index contributed by atoms with van der Waals surface area (Å²) in [5, 5.41) is 5.21. The van der Waals surface area contributed by atoms with E-state index in [-0.39, 0.29) is 0 Å². The van der Waals surface area contributed by atoms with E-state index in [1.54, 1.807) is 0 Å². The molecule has 8 aromatic carbocycles. The number of hydrogen-bond acceptors (Lipinski definition) is 0. The molecule has 0 aliphatic rings. The van der Waals surface area contributed by atoms with Crippen LogP contribution in [0.15, 0.2) is 182 Å². The highest BCUT2D eigenvalue weighted by atomic mass is 14.9. The van der Waals surface area contributed by atoms with E-state index >= 15 is 0 Å². The maximum Gasteiger partial charge on any atom is 0.0620 e. The zero-order chi connectivity index (χ0) is 33.2. The third kappa shape index (κ3) is 4.63. The minimum atomic E-state index is 1.21. The molecule has 0 saturated carbocycles. The number of rotatable bonds is 5. The van der Waals surface area contributed by atoms with Crippen molar-refractivity contribution < 1.29 is 0 Å². The summed E-state index contributed by atoms with van der Waals surface area (Å²) in [5.74, 6) is 0. The summed E-state index contributed by atoms with van der Waals surface area (Å²) in [6.45, 7) is 2.16. The normalized spacial score (nSPS) is 11.7. The van der Waals surface area contributed by atoms with Crippen molar-refractivity contribution in [3.63, 3.8) is 0 Å². The Labute approximate surface area is 291 Å². The second-order valence-corrected chi connectivity index (χ2v) is 13.5. The van der Waals surface area contributed by atoms with Gasteiger partial charge in [-0.05, 0) is 117 Å². The maximum atomic E-state index is 2.44. The predicted octanol–water partition coefficient (Wildman–Crippen LogP) is 13.5. The van der Waals surface area contributed by atoms with Gasteiger partial charge in [0.25, 0.3) is 0 Å². The molecule has 0 amide bonds. The molecule has 0 aliphatic heterocycles. The van der Waals surface area contributed by atoms with Crippen molar-refractivity contribution in [1.82, 2.24) is 4.40 Å². The standard InChI is InChI=1S/C49H33N/c1-32-12-9-15-34(24-32)40-27-39(33-13-3-2-4-14-33)28-41(29-40)37-18-10-16-35(25-37)36-17-11-19-38(26-36)42-30-45-43-20-5-7-22-47(43)50-48-23-8-6-21-44(48)46(31-42)49(45)50/h2-31H,1H3. The van der Waals surface area contributed by atoms with Crippen LogP contribution in [0.2, 0.25) is 0 Å². The number of hydrogen-bond donors (Lipinski definition) is 0. The Balaban J connectivity index is 1.10. The third-order valence-corrected chi connectivity index (χ3v) is 10.3. The van der Waals surface area contributed by atoms with Crippen LogP contribution in [0.25, 0.3) is 93.7 Å². The van der Waals surface area contributed by atoms with Gasteiger partial charge in [0.2, 0.25) is 0 Å². The van der Waals surface area contributed by atoms with Crippen LogP contribution in [0, 0.1) is 6.92 Å². The number of fused-ring (bicyclic) bond motifs is 6. The first kappa shape index (κ1) is 28.6. The molecular weight excluding hydrogens is 603 g/mol. The molecule has 0 fully saturated rings. The number of aryl methyl sites for hydroxylation is 1. The quantitative estimate of drug-likeness (QED) is 0.177. The minimum absolute atomic E-state index is 1.21. The SMILES string of the molecule is Cc1cccc(-c2cc(-c3ccccc3)cc(-c3cccc(-c4cccc(-c5cc6c7ccccc7n7c8ccccc8c(c5)c67)c4)c3)c2)c1. The van der Waals surface area contributed by atoms with Crippen LogP contribution < -0.4 is 0 Å². The van der Waals surface area contributed by atoms with Crippen LogP contribution >= 0.6 is 0 Å². The van der Waals surface area contributed by atoms with Gasteiger partial charge < -0.3 is 4.40 Å². The van der Waals surface area contributed by atoms with Gasteiger partial charge in [0, 0.05) is 21.5 Å². The first-order chi connectivity index (χ1) is 24.7. The summed E-state index contributed by atoms with van der Waals surface area (Å²) in [6, 6.07) is 66.9. The molecule has 0 N–H and O–H groups in total. The van der Waals surface area contributed by atoms with Crippen molar-refractivity contribution in [3.8, 4) is 55.6 Å². The zero-order valence-corrected chi connectivity index (χ0v) is 27.8. The molecule has 1 heteroatoms. The van der Waals surface area contributed by atoms with Crippen LogP contribution in [-0.4, -0.2) is 4.40 Å². The molecular formula is C49H33N. The predicted molar refractivity (Wildman–Crippen MR) is 213 cm³/mol. The smallest absolute Gasteiger partial charge is 0.0620 e. The van der Waals surface area contributed by atoms with Gasteiger partial charge in [-0.15, -0.1) is 0 Å². The summed E-state index contributed by atoms with van der Waals surface area (Å²) in [6.07, 6.45) is 0. The lowest BCUT2D eigenvalue weighted by molar-refractivity contribution is 1.37. The number of aromatic nitrogens is 1. The van der Waals surface area contributed by atoms with E-state index in [0.717, 1.165) is 0 Å². The summed E-state index contributed by atoms with van der Waals surface area (Å²) < 4.78 is 2.44. The topological polar surface area (TPSA) is 4.41 Å². The van der Waals surface area contributed by atoms with Crippen molar-refractivity contribution in [2.24, 2.45) is 0 Å². The van der Waals surface area contributed by atoms with E-state index in [9.17, 15) is 0 Å². The summed E-state index contributed by atoms with van der Waals surface area (Å²) in [5.41, 5.74) is 17.3. The van der Waals surface area contributed by atoms with Crippen molar-refractivity contribution in [3.05, 3.63) is 188 Å². The molecule has 50 heavy (non-hydrogen) atoms. The van der Waals surface area contributed by atoms with Gasteiger partial charge in [0.1, 0.15) is 0 Å². The molecule has 1 nitrogen and oxygen atoms in total. The van der Waals surface area contributed by atoms with Crippen molar-refractivity contribution in [1.29, 1.82) is 0 Å². The highest BCUT2D eigenvalue weighted by Crippen LogP contribution is 2.42. The van der Waals surface area contributed by atoms with Crippen LogP contribution in [0.1, 0.15) is 5.56 Å². The van der Waals surface area contributed by atoms with Crippen molar-refractivity contribution in [2.75, 3.05) is 0 Å². The van der Waals surface area contributed by atoms with Crippen molar-refractivity contribution >= 4 is 38.1 Å². The zero-order valence-electron chi connectivity index (χ0n) is 27.8. The fourth-order valence-electron chi connectivity index (χ4n) is 7.96. The summed E-state index contributed by atoms with van der Waals surface area (Å²) >= 11 is 0. The molecule has 234 valence electrons. The second-order valence-electron chi connectivity index (χ2n) is 13.5. The van der Waals surface area contributed by atoms with Crippen LogP contribution in [0.3, 0.4) is 0 Å². The van der Waals surface area contributed by atoms with Gasteiger partial charge in [-0.2, -0.15) is 0 Å². The Hall–Kier alpha value is -6.44. The van der Waals surface area contributed by atoms with E-state index in [1.165, 1.54) is 99.3 Å². The molecule has 0 bridgehead atoms. The van der Waals surface area contributed by atoms with E-state index in [2.05, 4.69) is 193 Å². The fourth-order valence-corrected chi connectivity index (χ4v) is 7.96. The monoisotopic (exact) mass is 635 g/mol. The molecule has 10 aromatic rings. The maximum absolute atomic E-state index is 2.44. The highest BCUT2D eigenvalue weighted by Gasteiger charge is 2.18. The molecule has 0 saturated heterocycles. The third-order valence-electron chi connectivity index (χ3n) is 10.3. The van der Waals surface area contributed by atoms with E-state index in [4.69, 9.17) is 0 Å². The van der Waals surface area contributed by atoms with Gasteiger partial charge in [-0.25, -0.2) is 0 Å². The number of nitrogens with zero attached hydrogens (tertiary/aromatic N) is 1. The first-order valence-corrected chi connectivity index (χ1v) is 17.3. The van der Waals surface area contributed by atoms with E-state index in [0.29, 0.717) is 0 Å². The van der Waals surface area contributed by atoms with Gasteiger partial charge >= 0.3 is 0 Å². The van der Waals surface area contributed by atoms with Crippen LogP contribution in [-0.2, 0) is 0 Å². The Morgan fingerprint density at radius 3 is 1.20 bits per heavy atom. The van der Waals surface area contributed by atoms with Gasteiger partial charge in [0.15, 0.2) is 0 Å².